The largest absolute Gasteiger partial charge is 0.481 e. The van der Waals surface area contributed by atoms with E-state index in [-0.39, 0.29) is 49.3 Å². The molecule has 6 rings (SSSR count). The Morgan fingerprint density at radius 2 is 1.30 bits per heavy atom. The van der Waals surface area contributed by atoms with Crippen LogP contribution in [0, 0.1) is 23.2 Å². The van der Waals surface area contributed by atoms with Crippen LogP contribution in [0.25, 0.3) is 11.1 Å². The summed E-state index contributed by atoms with van der Waals surface area (Å²) in [5.41, 5.74) is 15.1. The number of unbranched alkanes of at least 4 members (excludes halogenated alkanes) is 1. The second-order valence-electron chi connectivity index (χ2n) is 18.7. The lowest BCUT2D eigenvalue weighted by Crippen LogP contribution is -2.65. The summed E-state index contributed by atoms with van der Waals surface area (Å²) in [6, 6.07) is 11.4. The Morgan fingerprint density at radius 1 is 0.738 bits per heavy atom. The standard InChI is InChI=1S/C46H70BN7O7/c1-9-10-11-30-12-14-31(15-13-30)32-16-18-33(19-17-32)41(56)52-36(21-23-49)43(58)53-35(20-22-48)42(57)50-28(4)40(55)54-37(24-27(2)3)44(59)51-29(5)47-60-39-26-34-25-38(45(34,6)7)46(39,8)61-47/h12-19,27-29,34-39H,9-11,20-26,48-49H2,1-8H3,(H,50,57)(H,51,59)(H,52,56)(H,53,58)(H,54,55)/t28-,29-,34-,35-,36-,37-,38-,39?,46-/m0/s1. The Bertz CT molecular complexity index is 1840. The van der Waals surface area contributed by atoms with Crippen LogP contribution >= 0.6 is 0 Å². The van der Waals surface area contributed by atoms with Crippen LogP contribution in [0.15, 0.2) is 48.5 Å². The molecule has 0 spiro atoms. The third kappa shape index (κ3) is 11.4. The van der Waals surface area contributed by atoms with Crippen LogP contribution in [0.5, 0.6) is 0 Å². The van der Waals surface area contributed by atoms with Gasteiger partial charge in [-0.2, -0.15) is 0 Å². The Kier molecular flexibility index (Phi) is 16.2. The molecule has 2 bridgehead atoms. The molecule has 2 aromatic rings. The van der Waals surface area contributed by atoms with Gasteiger partial charge in [0.05, 0.1) is 17.6 Å². The fraction of sp³-hybridized carbons (Fsp3) is 0.630. The molecule has 9 N–H and O–H groups in total. The van der Waals surface area contributed by atoms with Crippen LogP contribution in [0.2, 0.25) is 0 Å². The summed E-state index contributed by atoms with van der Waals surface area (Å²) < 4.78 is 12.9. The number of carbonyl (C=O) groups excluding carboxylic acids is 5. The number of hydrogen-bond acceptors (Lipinski definition) is 9. The van der Waals surface area contributed by atoms with E-state index in [0.717, 1.165) is 43.2 Å². The first kappa shape index (κ1) is 47.7. The number of rotatable bonds is 21. The van der Waals surface area contributed by atoms with Gasteiger partial charge in [0.2, 0.25) is 23.6 Å². The summed E-state index contributed by atoms with van der Waals surface area (Å²) >= 11 is 0. The molecule has 0 radical (unpaired) electrons. The van der Waals surface area contributed by atoms with Crippen molar-refractivity contribution in [2.75, 3.05) is 13.1 Å². The van der Waals surface area contributed by atoms with Crippen LogP contribution in [0.3, 0.4) is 0 Å². The van der Waals surface area contributed by atoms with Crippen molar-refractivity contribution in [2.45, 2.75) is 149 Å². The van der Waals surface area contributed by atoms with Gasteiger partial charge in [-0.1, -0.05) is 77.4 Å². The van der Waals surface area contributed by atoms with Crippen LogP contribution in [0.1, 0.15) is 116 Å². The number of hydrogen-bond donors (Lipinski definition) is 7. The van der Waals surface area contributed by atoms with Gasteiger partial charge in [0.25, 0.3) is 5.91 Å². The first-order valence-corrected chi connectivity index (χ1v) is 22.4. The van der Waals surface area contributed by atoms with Gasteiger partial charge < -0.3 is 47.4 Å². The Labute approximate surface area is 362 Å². The highest BCUT2D eigenvalue weighted by atomic mass is 16.7. The number of nitrogens with one attached hydrogen (secondary N) is 5. The van der Waals surface area contributed by atoms with Crippen molar-refractivity contribution in [3.05, 3.63) is 59.7 Å². The van der Waals surface area contributed by atoms with E-state index >= 15 is 0 Å². The average molecular weight is 844 g/mol. The van der Waals surface area contributed by atoms with Gasteiger partial charge in [-0.25, -0.2) is 0 Å². The molecule has 4 aliphatic rings. The zero-order valence-corrected chi connectivity index (χ0v) is 37.5. The topological polar surface area (TPSA) is 216 Å². The van der Waals surface area contributed by atoms with E-state index in [9.17, 15) is 24.0 Å². The fourth-order valence-corrected chi connectivity index (χ4v) is 9.33. The van der Waals surface area contributed by atoms with Gasteiger partial charge in [0.15, 0.2) is 0 Å². The zero-order valence-electron chi connectivity index (χ0n) is 37.5. The summed E-state index contributed by atoms with van der Waals surface area (Å²) in [5.74, 6) is -2.11. The molecule has 1 unspecified atom stereocenters. The highest BCUT2D eigenvalue weighted by Crippen LogP contribution is 2.65. The van der Waals surface area contributed by atoms with Crippen molar-refractivity contribution < 1.29 is 33.3 Å². The minimum Gasteiger partial charge on any atom is -0.404 e. The molecular weight excluding hydrogens is 773 g/mol. The van der Waals surface area contributed by atoms with Gasteiger partial charge in [-0.3, -0.25) is 24.0 Å². The maximum Gasteiger partial charge on any atom is 0.481 e. The molecular formula is C46H70BN7O7. The molecule has 3 saturated carbocycles. The monoisotopic (exact) mass is 844 g/mol. The Hall–Kier alpha value is -4.31. The molecule has 3 aliphatic carbocycles. The van der Waals surface area contributed by atoms with E-state index in [2.05, 4.69) is 78.5 Å². The van der Waals surface area contributed by atoms with Gasteiger partial charge >= 0.3 is 7.12 Å². The first-order chi connectivity index (χ1) is 28.9. The minimum atomic E-state index is -1.11. The van der Waals surface area contributed by atoms with Gasteiger partial charge in [0, 0.05) is 5.56 Å². The van der Waals surface area contributed by atoms with Gasteiger partial charge in [0.1, 0.15) is 24.2 Å². The molecule has 61 heavy (non-hydrogen) atoms. The first-order valence-electron chi connectivity index (χ1n) is 22.4. The quantitative estimate of drug-likeness (QED) is 0.0910. The molecule has 2 aromatic carbocycles. The number of amides is 5. The van der Waals surface area contributed by atoms with Crippen molar-refractivity contribution in [1.29, 1.82) is 0 Å². The molecule has 4 fully saturated rings. The molecule has 5 amide bonds. The van der Waals surface area contributed by atoms with Crippen molar-refractivity contribution in [3.8, 4) is 11.1 Å². The van der Waals surface area contributed by atoms with Crippen molar-refractivity contribution in [3.63, 3.8) is 0 Å². The van der Waals surface area contributed by atoms with E-state index in [0.29, 0.717) is 23.8 Å². The van der Waals surface area contributed by atoms with E-state index in [4.69, 9.17) is 20.8 Å². The van der Waals surface area contributed by atoms with Crippen LogP contribution < -0.4 is 38.1 Å². The second kappa shape index (κ2) is 20.7. The molecule has 1 heterocycles. The lowest BCUT2D eigenvalue weighted by atomic mass is 9.43. The minimum absolute atomic E-state index is 0.0324. The van der Waals surface area contributed by atoms with E-state index in [1.165, 1.54) is 12.5 Å². The van der Waals surface area contributed by atoms with Gasteiger partial charge in [-0.15, -0.1) is 0 Å². The lowest BCUT2D eigenvalue weighted by Gasteiger charge is -2.64. The van der Waals surface area contributed by atoms with E-state index in [1.54, 1.807) is 12.1 Å². The summed E-state index contributed by atoms with van der Waals surface area (Å²) in [7, 11) is -0.620. The van der Waals surface area contributed by atoms with E-state index in [1.807, 2.05) is 32.9 Å². The van der Waals surface area contributed by atoms with Crippen molar-refractivity contribution in [1.82, 2.24) is 26.6 Å². The second-order valence-corrected chi connectivity index (χ2v) is 18.7. The molecule has 15 heteroatoms. The Balaban J connectivity index is 1.14. The number of aryl methyl sites for hydroxylation is 1. The summed E-state index contributed by atoms with van der Waals surface area (Å²) in [6.07, 6.45) is 5.86. The van der Waals surface area contributed by atoms with Crippen molar-refractivity contribution in [2.24, 2.45) is 34.6 Å². The number of carbonyl (C=O) groups is 5. The van der Waals surface area contributed by atoms with Crippen LogP contribution in [-0.4, -0.2) is 91.6 Å². The smallest absolute Gasteiger partial charge is 0.404 e. The summed E-state index contributed by atoms with van der Waals surface area (Å²) in [4.78, 5) is 67.6. The van der Waals surface area contributed by atoms with Crippen LogP contribution in [-0.2, 0) is 34.9 Å². The molecule has 334 valence electrons. The molecule has 14 nitrogen and oxygen atoms in total. The third-order valence-corrected chi connectivity index (χ3v) is 13.3. The molecule has 0 aromatic heterocycles. The molecule has 9 atom stereocenters. The Morgan fingerprint density at radius 3 is 1.87 bits per heavy atom. The predicted molar refractivity (Wildman–Crippen MR) is 238 cm³/mol. The van der Waals surface area contributed by atoms with Crippen molar-refractivity contribution >= 4 is 36.7 Å². The van der Waals surface area contributed by atoms with Crippen LogP contribution in [0.4, 0.5) is 0 Å². The lowest BCUT2D eigenvalue weighted by molar-refractivity contribution is -0.199. The molecule has 1 saturated heterocycles. The average Bonchev–Trinajstić information content (AvgIpc) is 3.60. The molecule has 1 aliphatic heterocycles. The number of benzene rings is 2. The maximum absolute atomic E-state index is 13.7. The highest BCUT2D eigenvalue weighted by molar-refractivity contribution is 6.47. The number of nitrogens with two attached hydrogens (primary N) is 2. The third-order valence-electron chi connectivity index (χ3n) is 13.3. The van der Waals surface area contributed by atoms with E-state index < -0.39 is 66.5 Å². The predicted octanol–water partition coefficient (Wildman–Crippen LogP) is 3.78. The highest BCUT2D eigenvalue weighted by Gasteiger charge is 2.68. The SMILES string of the molecule is CCCCc1ccc(-c2ccc(C(=O)N[C@@H](CCN)C(=O)N[C@@H](CCN)C(=O)N[C@@H](C)C(=O)N[C@@H](CC(C)C)C(=O)N[C@@H](C)B3OC4C[C@@H]5C[C@@H](C5(C)C)[C@]4(C)O3)cc2)cc1. The fourth-order valence-electron chi connectivity index (χ4n) is 9.33. The van der Waals surface area contributed by atoms with Gasteiger partial charge in [-0.05, 0) is 131 Å². The summed E-state index contributed by atoms with van der Waals surface area (Å²) in [6.45, 7) is 16.3. The zero-order chi connectivity index (χ0) is 44.6. The maximum atomic E-state index is 13.7. The normalized spacial score (nSPS) is 23.7. The summed E-state index contributed by atoms with van der Waals surface area (Å²) in [5, 5.41) is 13.9.